The van der Waals surface area contributed by atoms with Gasteiger partial charge in [0, 0.05) is 6.07 Å². The van der Waals surface area contributed by atoms with Gasteiger partial charge < -0.3 is 9.15 Å². The molecule has 0 N–H and O–H groups in total. The third-order valence-electron chi connectivity index (χ3n) is 3.26. The Labute approximate surface area is 123 Å². The third kappa shape index (κ3) is 3.72. The van der Waals surface area contributed by atoms with E-state index in [9.17, 15) is 9.59 Å². The number of ketones is 1. The first kappa shape index (κ1) is 15.3. The van der Waals surface area contributed by atoms with Crippen molar-refractivity contribution in [2.24, 2.45) is 0 Å². The molecule has 0 bridgehead atoms. The number of hydrogen-bond donors (Lipinski definition) is 0. The highest BCUT2D eigenvalue weighted by atomic mass is 16.5. The van der Waals surface area contributed by atoms with Crippen LogP contribution in [0.15, 0.2) is 27.4 Å². The van der Waals surface area contributed by atoms with Crippen molar-refractivity contribution in [1.82, 2.24) is 0 Å². The van der Waals surface area contributed by atoms with Gasteiger partial charge in [-0.15, -0.1) is 0 Å². The van der Waals surface area contributed by atoms with Crippen molar-refractivity contribution in [3.8, 4) is 5.75 Å². The molecule has 0 saturated heterocycles. The van der Waals surface area contributed by atoms with Crippen molar-refractivity contribution in [2.75, 3.05) is 6.61 Å². The Kier molecular flexibility index (Phi) is 4.78. The monoisotopic (exact) mass is 288 g/mol. The average molecular weight is 288 g/mol. The standard InChI is InChI=1S/C17H20O4/c1-4-5-6-13-9-16(19)21-15-8-11(2)7-14(17(13)15)20-10-12(3)18/h7-9H,4-6,10H2,1-3H3. The molecule has 112 valence electrons. The minimum atomic E-state index is -0.350. The quantitative estimate of drug-likeness (QED) is 0.764. The van der Waals surface area contributed by atoms with Crippen molar-refractivity contribution < 1.29 is 13.9 Å². The van der Waals surface area contributed by atoms with Gasteiger partial charge in [-0.1, -0.05) is 13.3 Å². The molecule has 0 fully saturated rings. The molecule has 2 rings (SSSR count). The predicted octanol–water partition coefficient (Wildman–Crippen LogP) is 3.41. The number of hydrogen-bond acceptors (Lipinski definition) is 4. The van der Waals surface area contributed by atoms with Crippen LogP contribution in [0.1, 0.15) is 37.8 Å². The summed E-state index contributed by atoms with van der Waals surface area (Å²) in [4.78, 5) is 22.8. The fourth-order valence-corrected chi connectivity index (χ4v) is 2.33. The molecule has 2 aromatic rings. The van der Waals surface area contributed by atoms with E-state index in [0.717, 1.165) is 35.8 Å². The molecule has 0 amide bonds. The van der Waals surface area contributed by atoms with Crippen molar-refractivity contribution in [2.45, 2.75) is 40.0 Å². The zero-order chi connectivity index (χ0) is 15.4. The molecule has 0 unspecified atom stereocenters. The van der Waals surface area contributed by atoms with E-state index in [0.29, 0.717) is 11.3 Å². The van der Waals surface area contributed by atoms with E-state index < -0.39 is 0 Å². The number of aryl methyl sites for hydroxylation is 2. The average Bonchev–Trinajstić information content (AvgIpc) is 2.41. The first-order valence-electron chi connectivity index (χ1n) is 7.21. The molecule has 0 atom stereocenters. The number of unbranched alkanes of at least 4 members (excludes halogenated alkanes) is 1. The van der Waals surface area contributed by atoms with Gasteiger partial charge in [0.15, 0.2) is 5.78 Å². The van der Waals surface area contributed by atoms with E-state index in [4.69, 9.17) is 9.15 Å². The fraction of sp³-hybridized carbons (Fsp3) is 0.412. The second kappa shape index (κ2) is 6.57. The number of fused-ring (bicyclic) bond motifs is 1. The van der Waals surface area contributed by atoms with Crippen LogP contribution in [0.5, 0.6) is 5.75 Å². The van der Waals surface area contributed by atoms with Gasteiger partial charge in [-0.25, -0.2) is 4.79 Å². The molecule has 1 heterocycles. The number of carbonyl (C=O) groups is 1. The summed E-state index contributed by atoms with van der Waals surface area (Å²) in [6.45, 7) is 5.50. The third-order valence-corrected chi connectivity index (χ3v) is 3.26. The number of carbonyl (C=O) groups excluding carboxylic acids is 1. The second-order valence-electron chi connectivity index (χ2n) is 5.32. The van der Waals surface area contributed by atoms with Gasteiger partial charge in [0.05, 0.1) is 5.39 Å². The highest BCUT2D eigenvalue weighted by Gasteiger charge is 2.13. The van der Waals surface area contributed by atoms with Gasteiger partial charge in [-0.05, 0) is 49.9 Å². The topological polar surface area (TPSA) is 56.5 Å². The summed E-state index contributed by atoms with van der Waals surface area (Å²) < 4.78 is 10.9. The second-order valence-corrected chi connectivity index (χ2v) is 5.32. The van der Waals surface area contributed by atoms with Gasteiger partial charge in [0.2, 0.25) is 0 Å². The lowest BCUT2D eigenvalue weighted by molar-refractivity contribution is -0.118. The van der Waals surface area contributed by atoms with Gasteiger partial charge in [0.1, 0.15) is 17.9 Å². The van der Waals surface area contributed by atoms with E-state index in [-0.39, 0.29) is 18.0 Å². The molecule has 0 radical (unpaired) electrons. The predicted molar refractivity (Wildman–Crippen MR) is 82.0 cm³/mol. The largest absolute Gasteiger partial charge is 0.485 e. The number of rotatable bonds is 6. The molecule has 4 nitrogen and oxygen atoms in total. The molecular weight excluding hydrogens is 268 g/mol. The molecule has 1 aromatic carbocycles. The van der Waals surface area contributed by atoms with Crippen LogP contribution in [0.4, 0.5) is 0 Å². The maximum absolute atomic E-state index is 11.7. The highest BCUT2D eigenvalue weighted by Crippen LogP contribution is 2.30. The molecule has 21 heavy (non-hydrogen) atoms. The van der Waals surface area contributed by atoms with Crippen LogP contribution in [0.3, 0.4) is 0 Å². The van der Waals surface area contributed by atoms with Crippen LogP contribution < -0.4 is 10.4 Å². The minimum absolute atomic E-state index is 0.0187. The Bertz CT molecular complexity index is 713. The first-order valence-corrected chi connectivity index (χ1v) is 7.21. The van der Waals surface area contributed by atoms with Gasteiger partial charge in [-0.2, -0.15) is 0 Å². The maximum atomic E-state index is 11.7. The summed E-state index contributed by atoms with van der Waals surface area (Å²) in [5.74, 6) is 0.562. The van der Waals surface area contributed by atoms with Crippen LogP contribution in [-0.4, -0.2) is 12.4 Å². The lowest BCUT2D eigenvalue weighted by Crippen LogP contribution is -2.08. The molecule has 0 aliphatic heterocycles. The molecular formula is C17H20O4. The zero-order valence-corrected chi connectivity index (χ0v) is 12.7. The summed E-state index contributed by atoms with van der Waals surface area (Å²) in [6, 6.07) is 5.22. The van der Waals surface area contributed by atoms with Crippen LogP contribution >= 0.6 is 0 Å². The number of ether oxygens (including phenoxy) is 1. The minimum Gasteiger partial charge on any atom is -0.485 e. The van der Waals surface area contributed by atoms with Crippen molar-refractivity contribution in [3.05, 3.63) is 39.7 Å². The van der Waals surface area contributed by atoms with Crippen LogP contribution in [0.2, 0.25) is 0 Å². The lowest BCUT2D eigenvalue weighted by atomic mass is 10.0. The van der Waals surface area contributed by atoms with Gasteiger partial charge in [0.25, 0.3) is 0 Å². The van der Waals surface area contributed by atoms with Crippen LogP contribution in [0, 0.1) is 6.92 Å². The van der Waals surface area contributed by atoms with E-state index in [1.165, 1.54) is 13.0 Å². The summed E-state index contributed by atoms with van der Waals surface area (Å²) in [5.41, 5.74) is 2.02. The normalized spacial score (nSPS) is 10.8. The highest BCUT2D eigenvalue weighted by molar-refractivity contribution is 5.88. The van der Waals surface area contributed by atoms with Crippen LogP contribution in [-0.2, 0) is 11.2 Å². The first-order chi connectivity index (χ1) is 10.0. The molecule has 1 aromatic heterocycles. The van der Waals surface area contributed by atoms with Crippen molar-refractivity contribution in [3.63, 3.8) is 0 Å². The maximum Gasteiger partial charge on any atom is 0.336 e. The molecule has 0 aliphatic carbocycles. The fourth-order valence-electron chi connectivity index (χ4n) is 2.33. The number of benzene rings is 1. The molecule has 0 spiro atoms. The number of Topliss-reactive ketones (excluding diaryl/α,β-unsaturated/α-hetero) is 1. The Hall–Kier alpha value is -2.10. The van der Waals surface area contributed by atoms with Gasteiger partial charge >= 0.3 is 5.63 Å². The van der Waals surface area contributed by atoms with Crippen LogP contribution in [0.25, 0.3) is 11.0 Å². The van der Waals surface area contributed by atoms with Crippen molar-refractivity contribution in [1.29, 1.82) is 0 Å². The zero-order valence-electron chi connectivity index (χ0n) is 12.7. The van der Waals surface area contributed by atoms with E-state index >= 15 is 0 Å². The Balaban J connectivity index is 2.59. The summed E-state index contributed by atoms with van der Waals surface area (Å²) in [6.07, 6.45) is 2.81. The van der Waals surface area contributed by atoms with E-state index in [1.54, 1.807) is 0 Å². The summed E-state index contributed by atoms with van der Waals surface area (Å²) >= 11 is 0. The SMILES string of the molecule is CCCCc1cc(=O)oc2cc(C)cc(OCC(C)=O)c12. The molecule has 0 aliphatic rings. The Morgan fingerprint density at radius 1 is 1.29 bits per heavy atom. The Morgan fingerprint density at radius 3 is 2.71 bits per heavy atom. The van der Waals surface area contributed by atoms with Crippen molar-refractivity contribution >= 4 is 16.8 Å². The Morgan fingerprint density at radius 2 is 2.05 bits per heavy atom. The van der Waals surface area contributed by atoms with E-state index in [1.807, 2.05) is 19.1 Å². The molecule has 0 saturated carbocycles. The van der Waals surface area contributed by atoms with Gasteiger partial charge in [-0.3, -0.25) is 4.79 Å². The van der Waals surface area contributed by atoms with E-state index in [2.05, 4.69) is 6.92 Å². The summed E-state index contributed by atoms with van der Waals surface area (Å²) in [5, 5.41) is 0.801. The molecule has 4 heteroatoms. The lowest BCUT2D eigenvalue weighted by Gasteiger charge is -2.12. The smallest absolute Gasteiger partial charge is 0.336 e. The summed E-state index contributed by atoms with van der Waals surface area (Å²) in [7, 11) is 0.